The predicted octanol–water partition coefficient (Wildman–Crippen LogP) is 3.94. The summed E-state index contributed by atoms with van der Waals surface area (Å²) in [5.74, 6) is -1.42. The van der Waals surface area contributed by atoms with Crippen LogP contribution in [0.2, 0.25) is 0 Å². The van der Waals surface area contributed by atoms with Crippen LogP contribution in [0.4, 0.5) is 8.78 Å². The number of hydrogen-bond acceptors (Lipinski definition) is 2. The van der Waals surface area contributed by atoms with Gasteiger partial charge in [0.2, 0.25) is 0 Å². The second-order valence-corrected chi connectivity index (χ2v) is 5.09. The highest BCUT2D eigenvalue weighted by atomic mass is 35.5. The van der Waals surface area contributed by atoms with Crippen LogP contribution >= 0.6 is 24.8 Å². The summed E-state index contributed by atoms with van der Waals surface area (Å²) in [5, 5.41) is 3.29. The van der Waals surface area contributed by atoms with Crippen molar-refractivity contribution in [2.75, 3.05) is 26.2 Å². The predicted molar refractivity (Wildman–Crippen MR) is 87.6 cm³/mol. The summed E-state index contributed by atoms with van der Waals surface area (Å²) in [6.45, 7) is 5.74. The summed E-state index contributed by atoms with van der Waals surface area (Å²) in [4.78, 5) is 2.27. The lowest BCUT2D eigenvalue weighted by molar-refractivity contribution is 0.159. The normalized spacial score (nSPS) is 16.7. The minimum atomic E-state index is -0.742. The smallest absolute Gasteiger partial charge is 0.163 e. The molecule has 21 heavy (non-hydrogen) atoms. The number of rotatable bonds is 5. The number of hydrogen-bond donors (Lipinski definition) is 1. The topological polar surface area (TPSA) is 15.3 Å². The maximum atomic E-state index is 14.0. The van der Waals surface area contributed by atoms with Gasteiger partial charge >= 0.3 is 0 Å². The molecule has 1 aromatic rings. The fraction of sp³-hybridized carbons (Fsp3) is 0.600. The van der Waals surface area contributed by atoms with Crippen molar-refractivity contribution in [3.05, 3.63) is 35.4 Å². The molecule has 0 aliphatic carbocycles. The first kappa shape index (κ1) is 20.6. The molecule has 0 spiro atoms. The van der Waals surface area contributed by atoms with Crippen molar-refractivity contribution < 1.29 is 8.78 Å². The van der Waals surface area contributed by atoms with Crippen LogP contribution in [0.5, 0.6) is 0 Å². The van der Waals surface area contributed by atoms with Crippen molar-refractivity contribution in [1.29, 1.82) is 0 Å². The number of nitrogens with one attached hydrogen (secondary N) is 1. The molecule has 0 saturated carbocycles. The molecule has 122 valence electrons. The molecule has 1 aliphatic rings. The first-order chi connectivity index (χ1) is 9.24. The van der Waals surface area contributed by atoms with E-state index in [-0.39, 0.29) is 30.9 Å². The Kier molecular flexibility index (Phi) is 10.1. The van der Waals surface area contributed by atoms with E-state index >= 15 is 0 Å². The molecule has 6 heteroatoms. The summed E-state index contributed by atoms with van der Waals surface area (Å²) >= 11 is 0. The molecule has 2 nitrogen and oxygen atoms in total. The Morgan fingerprint density at radius 1 is 1.19 bits per heavy atom. The highest BCUT2D eigenvalue weighted by molar-refractivity contribution is 5.85. The van der Waals surface area contributed by atoms with Crippen LogP contribution in [0.1, 0.15) is 37.8 Å². The molecule has 0 unspecified atom stereocenters. The lowest BCUT2D eigenvalue weighted by Gasteiger charge is -2.35. The van der Waals surface area contributed by atoms with E-state index in [1.165, 1.54) is 6.07 Å². The van der Waals surface area contributed by atoms with Gasteiger partial charge in [0.25, 0.3) is 0 Å². The van der Waals surface area contributed by atoms with Gasteiger partial charge in [-0.2, -0.15) is 0 Å². The van der Waals surface area contributed by atoms with Crippen LogP contribution in [0.3, 0.4) is 0 Å². The van der Waals surface area contributed by atoms with Crippen LogP contribution in [0.15, 0.2) is 18.2 Å². The Hall–Kier alpha value is -0.420. The molecule has 1 fully saturated rings. The summed E-state index contributed by atoms with van der Waals surface area (Å²) in [6.07, 6.45) is 2.99. The largest absolute Gasteiger partial charge is 0.314 e. The second-order valence-electron chi connectivity index (χ2n) is 5.09. The van der Waals surface area contributed by atoms with Crippen molar-refractivity contribution in [3.8, 4) is 0 Å². The molecule has 0 aromatic heterocycles. The van der Waals surface area contributed by atoms with E-state index in [9.17, 15) is 8.78 Å². The highest BCUT2D eigenvalue weighted by Crippen LogP contribution is 2.29. The molecule has 0 bridgehead atoms. The van der Waals surface area contributed by atoms with Crippen LogP contribution in [0, 0.1) is 11.6 Å². The molecule has 0 radical (unpaired) electrons. The average molecular weight is 341 g/mol. The van der Waals surface area contributed by atoms with Gasteiger partial charge in [0, 0.05) is 37.8 Å². The lowest BCUT2D eigenvalue weighted by Crippen LogP contribution is -2.45. The SMILES string of the molecule is CCCC[C@H](c1cccc(F)c1F)N1CCNCC1.Cl.Cl. The lowest BCUT2D eigenvalue weighted by atomic mass is 9.98. The van der Waals surface area contributed by atoms with E-state index in [1.807, 2.05) is 0 Å². The van der Waals surface area contributed by atoms with Crippen molar-refractivity contribution in [3.63, 3.8) is 0 Å². The maximum absolute atomic E-state index is 14.0. The van der Waals surface area contributed by atoms with Crippen molar-refractivity contribution >= 4 is 24.8 Å². The summed E-state index contributed by atoms with van der Waals surface area (Å²) in [7, 11) is 0. The first-order valence-electron chi connectivity index (χ1n) is 7.12. The number of benzene rings is 1. The van der Waals surface area contributed by atoms with Gasteiger partial charge in [-0.15, -0.1) is 24.8 Å². The van der Waals surface area contributed by atoms with Crippen molar-refractivity contribution in [2.45, 2.75) is 32.2 Å². The molecule has 0 amide bonds. The highest BCUT2D eigenvalue weighted by Gasteiger charge is 2.25. The molecular formula is C15H24Cl2F2N2. The zero-order chi connectivity index (χ0) is 13.7. The van der Waals surface area contributed by atoms with Gasteiger partial charge < -0.3 is 5.32 Å². The van der Waals surface area contributed by atoms with Gasteiger partial charge in [0.15, 0.2) is 11.6 Å². The third kappa shape index (κ3) is 5.37. The Morgan fingerprint density at radius 3 is 2.48 bits per heavy atom. The third-order valence-electron chi connectivity index (χ3n) is 3.76. The zero-order valence-electron chi connectivity index (χ0n) is 12.3. The van der Waals surface area contributed by atoms with E-state index in [1.54, 1.807) is 12.1 Å². The Bertz CT molecular complexity index is 413. The Morgan fingerprint density at radius 2 is 1.86 bits per heavy atom. The number of nitrogens with zero attached hydrogens (tertiary/aromatic N) is 1. The molecule has 1 saturated heterocycles. The van der Waals surface area contributed by atoms with Gasteiger partial charge in [-0.3, -0.25) is 4.90 Å². The molecule has 1 atom stereocenters. The maximum Gasteiger partial charge on any atom is 0.163 e. The van der Waals surface area contributed by atoms with E-state index < -0.39 is 11.6 Å². The number of unbranched alkanes of at least 4 members (excludes halogenated alkanes) is 1. The Balaban J connectivity index is 0.00000200. The summed E-state index contributed by atoms with van der Waals surface area (Å²) in [6, 6.07) is 4.51. The molecule has 1 aromatic carbocycles. The summed E-state index contributed by atoms with van der Waals surface area (Å²) in [5.41, 5.74) is 0.510. The molecule has 1 aliphatic heterocycles. The van der Waals surface area contributed by atoms with Crippen molar-refractivity contribution in [1.82, 2.24) is 10.2 Å². The van der Waals surface area contributed by atoms with Crippen LogP contribution in [-0.4, -0.2) is 31.1 Å². The van der Waals surface area contributed by atoms with Gasteiger partial charge in [-0.05, 0) is 12.5 Å². The van der Waals surface area contributed by atoms with Crippen LogP contribution < -0.4 is 5.32 Å². The molecular weight excluding hydrogens is 317 g/mol. The Labute approximate surface area is 138 Å². The van der Waals surface area contributed by atoms with Crippen LogP contribution in [-0.2, 0) is 0 Å². The van der Waals surface area contributed by atoms with E-state index in [0.29, 0.717) is 5.56 Å². The molecule has 2 rings (SSSR count). The fourth-order valence-corrected chi connectivity index (χ4v) is 2.70. The van der Waals surface area contributed by atoms with E-state index in [0.717, 1.165) is 45.4 Å². The third-order valence-corrected chi connectivity index (χ3v) is 3.76. The monoisotopic (exact) mass is 340 g/mol. The van der Waals surface area contributed by atoms with Crippen molar-refractivity contribution in [2.24, 2.45) is 0 Å². The second kappa shape index (κ2) is 10.3. The fourth-order valence-electron chi connectivity index (χ4n) is 2.70. The standard InChI is InChI=1S/C15H22F2N2.2ClH/c1-2-3-7-14(19-10-8-18-9-11-19)12-5-4-6-13(16)15(12)17;;/h4-6,14,18H,2-3,7-11H2,1H3;2*1H/t14-;;/m1../s1. The van der Waals surface area contributed by atoms with Gasteiger partial charge in [-0.1, -0.05) is 31.9 Å². The zero-order valence-corrected chi connectivity index (χ0v) is 13.9. The first-order valence-corrected chi connectivity index (χ1v) is 7.12. The van der Waals surface area contributed by atoms with Gasteiger partial charge in [-0.25, -0.2) is 8.78 Å². The van der Waals surface area contributed by atoms with E-state index in [2.05, 4.69) is 17.1 Å². The summed E-state index contributed by atoms with van der Waals surface area (Å²) < 4.78 is 27.4. The molecule has 1 heterocycles. The minimum absolute atomic E-state index is 0. The average Bonchev–Trinajstić information content (AvgIpc) is 2.45. The number of piperazine rings is 1. The quantitative estimate of drug-likeness (QED) is 0.873. The van der Waals surface area contributed by atoms with Gasteiger partial charge in [0.05, 0.1) is 0 Å². The number of halogens is 4. The van der Waals surface area contributed by atoms with Crippen LogP contribution in [0.25, 0.3) is 0 Å². The van der Waals surface area contributed by atoms with Gasteiger partial charge in [0.1, 0.15) is 0 Å². The minimum Gasteiger partial charge on any atom is -0.314 e. The molecule has 1 N–H and O–H groups in total. The van der Waals surface area contributed by atoms with E-state index in [4.69, 9.17) is 0 Å².